The smallest absolute Gasteiger partial charge is 0.358 e. The van der Waals surface area contributed by atoms with E-state index < -0.39 is 4.92 Å². The highest BCUT2D eigenvalue weighted by Gasteiger charge is 2.08. The lowest BCUT2D eigenvalue weighted by Gasteiger charge is -1.95. The van der Waals surface area contributed by atoms with Gasteiger partial charge in [0, 0.05) is 11.5 Å². The molecule has 0 unspecified atom stereocenters. The Bertz CT molecular complexity index is 508. The first-order chi connectivity index (χ1) is 6.66. The zero-order valence-electron chi connectivity index (χ0n) is 7.60. The number of nitrogens with zero attached hydrogens (tertiary/aromatic N) is 2. The van der Waals surface area contributed by atoms with Gasteiger partial charge in [0.25, 0.3) is 0 Å². The SMILES string of the molecule is Cc1ccc2nc([N+](=O)[O-])ccc2c1. The summed E-state index contributed by atoms with van der Waals surface area (Å²) in [5.41, 5.74) is 1.78. The summed E-state index contributed by atoms with van der Waals surface area (Å²) in [7, 11) is 0. The van der Waals surface area contributed by atoms with Gasteiger partial charge in [-0.15, -0.1) is 0 Å². The summed E-state index contributed by atoms with van der Waals surface area (Å²) in [6.07, 6.45) is 0. The second-order valence-electron chi connectivity index (χ2n) is 3.12. The van der Waals surface area contributed by atoms with Gasteiger partial charge in [-0.25, -0.2) is 0 Å². The van der Waals surface area contributed by atoms with Crippen LogP contribution in [-0.2, 0) is 0 Å². The molecule has 2 rings (SSSR count). The Morgan fingerprint density at radius 2 is 2.07 bits per heavy atom. The number of hydrogen-bond acceptors (Lipinski definition) is 3. The van der Waals surface area contributed by atoms with Crippen LogP contribution in [0.4, 0.5) is 5.82 Å². The van der Waals surface area contributed by atoms with E-state index in [1.54, 1.807) is 12.1 Å². The van der Waals surface area contributed by atoms with Gasteiger partial charge >= 0.3 is 5.82 Å². The molecule has 1 aromatic carbocycles. The number of pyridine rings is 1. The van der Waals surface area contributed by atoms with Crippen LogP contribution in [0.2, 0.25) is 0 Å². The Labute approximate surface area is 80.4 Å². The number of hydrogen-bond donors (Lipinski definition) is 0. The third-order valence-corrected chi connectivity index (χ3v) is 2.02. The van der Waals surface area contributed by atoms with Gasteiger partial charge in [-0.3, -0.25) is 0 Å². The molecule has 4 nitrogen and oxygen atoms in total. The normalized spacial score (nSPS) is 10.4. The number of nitro groups is 1. The third kappa shape index (κ3) is 1.42. The van der Waals surface area contributed by atoms with Crippen LogP contribution in [0.15, 0.2) is 30.3 Å². The van der Waals surface area contributed by atoms with Crippen molar-refractivity contribution in [3.63, 3.8) is 0 Å². The molecule has 1 heterocycles. The average Bonchev–Trinajstić information content (AvgIpc) is 2.16. The van der Waals surface area contributed by atoms with Gasteiger partial charge in [-0.2, -0.15) is 0 Å². The van der Waals surface area contributed by atoms with Gasteiger partial charge in [-0.1, -0.05) is 11.6 Å². The van der Waals surface area contributed by atoms with Crippen molar-refractivity contribution in [1.82, 2.24) is 4.98 Å². The topological polar surface area (TPSA) is 56.0 Å². The summed E-state index contributed by atoms with van der Waals surface area (Å²) in [6, 6.07) is 8.76. The monoisotopic (exact) mass is 188 g/mol. The number of benzene rings is 1. The first kappa shape index (κ1) is 8.62. The molecule has 0 atom stereocenters. The quantitative estimate of drug-likeness (QED) is 0.510. The molecular formula is C10H8N2O2. The standard InChI is InChI=1S/C10H8N2O2/c1-7-2-4-9-8(6-7)3-5-10(11-9)12(13)14/h2-6H,1H3. The van der Waals surface area contributed by atoms with Crippen molar-refractivity contribution < 1.29 is 4.92 Å². The highest BCUT2D eigenvalue weighted by atomic mass is 16.6. The van der Waals surface area contributed by atoms with E-state index in [4.69, 9.17) is 0 Å². The van der Waals surface area contributed by atoms with E-state index in [2.05, 4.69) is 4.98 Å². The number of aryl methyl sites for hydroxylation is 1. The Balaban J connectivity index is 2.67. The Morgan fingerprint density at radius 1 is 1.29 bits per heavy atom. The first-order valence-corrected chi connectivity index (χ1v) is 4.18. The fourth-order valence-electron chi connectivity index (χ4n) is 1.34. The maximum atomic E-state index is 10.5. The zero-order chi connectivity index (χ0) is 10.1. The maximum absolute atomic E-state index is 10.5. The summed E-state index contributed by atoms with van der Waals surface area (Å²) in [5, 5.41) is 11.4. The largest absolute Gasteiger partial charge is 0.364 e. The molecule has 1 aromatic heterocycles. The molecule has 0 radical (unpaired) electrons. The average molecular weight is 188 g/mol. The van der Waals surface area contributed by atoms with E-state index in [0.29, 0.717) is 5.52 Å². The summed E-state index contributed by atoms with van der Waals surface area (Å²) in [6.45, 7) is 1.97. The second kappa shape index (κ2) is 3.06. The molecule has 0 aliphatic carbocycles. The van der Waals surface area contributed by atoms with Gasteiger partial charge in [0.2, 0.25) is 0 Å². The van der Waals surface area contributed by atoms with Gasteiger partial charge in [-0.05, 0) is 35.0 Å². The lowest BCUT2D eigenvalue weighted by atomic mass is 10.1. The van der Waals surface area contributed by atoms with Crippen molar-refractivity contribution in [2.24, 2.45) is 0 Å². The van der Waals surface area contributed by atoms with Gasteiger partial charge < -0.3 is 10.1 Å². The summed E-state index contributed by atoms with van der Waals surface area (Å²) in [5.74, 6) is -0.110. The van der Waals surface area contributed by atoms with Crippen molar-refractivity contribution >= 4 is 16.7 Å². The van der Waals surface area contributed by atoms with Crippen LogP contribution >= 0.6 is 0 Å². The first-order valence-electron chi connectivity index (χ1n) is 4.18. The molecule has 4 heteroatoms. The van der Waals surface area contributed by atoms with Crippen LogP contribution in [0.5, 0.6) is 0 Å². The number of rotatable bonds is 1. The predicted octanol–water partition coefficient (Wildman–Crippen LogP) is 2.45. The van der Waals surface area contributed by atoms with Crippen molar-refractivity contribution in [3.05, 3.63) is 46.0 Å². The van der Waals surface area contributed by atoms with E-state index in [-0.39, 0.29) is 5.82 Å². The molecule has 0 aliphatic rings. The molecule has 14 heavy (non-hydrogen) atoms. The minimum absolute atomic E-state index is 0.110. The Morgan fingerprint density at radius 3 is 2.79 bits per heavy atom. The second-order valence-corrected chi connectivity index (χ2v) is 3.12. The van der Waals surface area contributed by atoms with Crippen molar-refractivity contribution in [2.45, 2.75) is 6.92 Å². The van der Waals surface area contributed by atoms with E-state index in [1.807, 2.05) is 19.1 Å². The van der Waals surface area contributed by atoms with Gasteiger partial charge in [0.1, 0.15) is 0 Å². The van der Waals surface area contributed by atoms with E-state index >= 15 is 0 Å². The number of aromatic nitrogens is 1. The molecule has 0 saturated carbocycles. The molecule has 0 fully saturated rings. The van der Waals surface area contributed by atoms with Crippen LogP contribution in [-0.4, -0.2) is 9.91 Å². The van der Waals surface area contributed by atoms with Crippen molar-refractivity contribution in [2.75, 3.05) is 0 Å². The minimum Gasteiger partial charge on any atom is -0.358 e. The van der Waals surface area contributed by atoms with E-state index in [9.17, 15) is 10.1 Å². The molecule has 0 amide bonds. The molecule has 0 bridgehead atoms. The fourth-order valence-corrected chi connectivity index (χ4v) is 1.34. The minimum atomic E-state index is -0.487. The number of fused-ring (bicyclic) bond motifs is 1. The molecule has 0 saturated heterocycles. The van der Waals surface area contributed by atoms with E-state index in [0.717, 1.165) is 10.9 Å². The summed E-state index contributed by atoms with van der Waals surface area (Å²) in [4.78, 5) is 13.9. The van der Waals surface area contributed by atoms with Crippen LogP contribution in [0, 0.1) is 17.0 Å². The molecular weight excluding hydrogens is 180 g/mol. The molecule has 70 valence electrons. The highest BCUT2D eigenvalue weighted by Crippen LogP contribution is 2.17. The van der Waals surface area contributed by atoms with Crippen molar-refractivity contribution in [1.29, 1.82) is 0 Å². The fraction of sp³-hybridized carbons (Fsp3) is 0.100. The zero-order valence-corrected chi connectivity index (χ0v) is 7.60. The Hall–Kier alpha value is -1.97. The van der Waals surface area contributed by atoms with Crippen LogP contribution < -0.4 is 0 Å². The summed E-state index contributed by atoms with van der Waals surface area (Å²) >= 11 is 0. The predicted molar refractivity (Wildman–Crippen MR) is 53.1 cm³/mol. The molecule has 2 aromatic rings. The van der Waals surface area contributed by atoms with Crippen LogP contribution in [0.3, 0.4) is 0 Å². The van der Waals surface area contributed by atoms with Gasteiger partial charge in [0.05, 0.1) is 0 Å². The molecule has 0 spiro atoms. The third-order valence-electron chi connectivity index (χ3n) is 2.02. The molecule has 0 N–H and O–H groups in total. The van der Waals surface area contributed by atoms with Gasteiger partial charge in [0.15, 0.2) is 5.52 Å². The van der Waals surface area contributed by atoms with Crippen LogP contribution in [0.25, 0.3) is 10.9 Å². The lowest BCUT2D eigenvalue weighted by Crippen LogP contribution is -1.91. The van der Waals surface area contributed by atoms with Crippen molar-refractivity contribution in [3.8, 4) is 0 Å². The Kier molecular flexibility index (Phi) is 1.89. The lowest BCUT2D eigenvalue weighted by molar-refractivity contribution is -0.389. The van der Waals surface area contributed by atoms with Crippen LogP contribution in [0.1, 0.15) is 5.56 Å². The molecule has 0 aliphatic heterocycles. The highest BCUT2D eigenvalue weighted by molar-refractivity contribution is 5.80. The van der Waals surface area contributed by atoms with E-state index in [1.165, 1.54) is 6.07 Å². The maximum Gasteiger partial charge on any atom is 0.364 e. The summed E-state index contributed by atoms with van der Waals surface area (Å²) < 4.78 is 0.